The molecule has 0 saturated carbocycles. The van der Waals surface area contributed by atoms with Crippen molar-refractivity contribution in [1.29, 1.82) is 0 Å². The van der Waals surface area contributed by atoms with Crippen LogP contribution in [0, 0.1) is 5.82 Å². The molecule has 0 N–H and O–H groups in total. The Kier molecular flexibility index (Phi) is 4.85. The summed E-state index contributed by atoms with van der Waals surface area (Å²) in [6.07, 6.45) is 0.850. The van der Waals surface area contributed by atoms with Crippen molar-refractivity contribution < 1.29 is 13.7 Å². The van der Waals surface area contributed by atoms with Crippen LogP contribution in [0.5, 0.6) is 0 Å². The minimum absolute atomic E-state index is 0.0493. The lowest BCUT2D eigenvalue weighted by Crippen LogP contribution is -2.28. The number of nitrogens with zero attached hydrogens (tertiary/aromatic N) is 3. The molecule has 2 heterocycles. The standard InChI is InChI=1S/C19H14Cl2FN3O2/c20-12-6-4-11(5-7-12)18-23-19(27-24-18)16-8-9-17(26)25(16)10-13-14(21)2-1-3-15(13)22/h1-7,16H,8-10H2. The number of benzene rings is 2. The van der Waals surface area contributed by atoms with Crippen LogP contribution < -0.4 is 0 Å². The molecule has 0 bridgehead atoms. The predicted octanol–water partition coefficient (Wildman–Crippen LogP) is 5.05. The maximum absolute atomic E-state index is 14.1. The van der Waals surface area contributed by atoms with Crippen molar-refractivity contribution in [2.45, 2.75) is 25.4 Å². The zero-order valence-corrected chi connectivity index (χ0v) is 15.5. The first-order valence-electron chi connectivity index (χ1n) is 8.35. The third-order valence-corrected chi connectivity index (χ3v) is 5.15. The minimum Gasteiger partial charge on any atom is -0.337 e. The van der Waals surface area contributed by atoms with E-state index in [-0.39, 0.29) is 23.0 Å². The monoisotopic (exact) mass is 405 g/mol. The van der Waals surface area contributed by atoms with Crippen LogP contribution in [-0.4, -0.2) is 20.9 Å². The molecule has 1 aliphatic rings. The van der Waals surface area contributed by atoms with Gasteiger partial charge in [-0.1, -0.05) is 34.4 Å². The highest BCUT2D eigenvalue weighted by Crippen LogP contribution is 2.35. The molecule has 4 rings (SSSR count). The van der Waals surface area contributed by atoms with Gasteiger partial charge in [0.2, 0.25) is 17.6 Å². The second-order valence-corrected chi connectivity index (χ2v) is 7.08. The summed E-state index contributed by atoms with van der Waals surface area (Å²) < 4.78 is 19.5. The van der Waals surface area contributed by atoms with Crippen LogP contribution in [0.3, 0.4) is 0 Å². The number of aromatic nitrogens is 2. The van der Waals surface area contributed by atoms with E-state index < -0.39 is 11.9 Å². The summed E-state index contributed by atoms with van der Waals surface area (Å²) in [7, 11) is 0. The zero-order valence-electron chi connectivity index (χ0n) is 14.0. The number of amides is 1. The molecule has 1 fully saturated rings. The van der Waals surface area contributed by atoms with Gasteiger partial charge in [0.05, 0.1) is 6.54 Å². The van der Waals surface area contributed by atoms with E-state index in [4.69, 9.17) is 27.7 Å². The first-order chi connectivity index (χ1) is 13.0. The number of halogens is 3. The van der Waals surface area contributed by atoms with Gasteiger partial charge in [-0.25, -0.2) is 4.39 Å². The number of rotatable bonds is 4. The topological polar surface area (TPSA) is 59.2 Å². The van der Waals surface area contributed by atoms with Crippen LogP contribution in [0.25, 0.3) is 11.4 Å². The molecule has 0 aliphatic carbocycles. The van der Waals surface area contributed by atoms with Gasteiger partial charge in [0, 0.05) is 27.6 Å². The SMILES string of the molecule is O=C1CCC(c2nc(-c3ccc(Cl)cc3)no2)N1Cc1c(F)cccc1Cl. The molecule has 0 radical (unpaired) electrons. The van der Waals surface area contributed by atoms with Gasteiger partial charge in [0.15, 0.2) is 0 Å². The Morgan fingerprint density at radius 1 is 1.19 bits per heavy atom. The van der Waals surface area contributed by atoms with Crippen LogP contribution >= 0.6 is 23.2 Å². The van der Waals surface area contributed by atoms with Gasteiger partial charge in [-0.15, -0.1) is 0 Å². The summed E-state index contributed by atoms with van der Waals surface area (Å²) in [6, 6.07) is 11.1. The molecule has 1 aromatic heterocycles. The van der Waals surface area contributed by atoms with Gasteiger partial charge in [0.25, 0.3) is 0 Å². The van der Waals surface area contributed by atoms with Crippen LogP contribution in [0.2, 0.25) is 10.0 Å². The number of carbonyl (C=O) groups is 1. The van der Waals surface area contributed by atoms with Crippen molar-refractivity contribution in [3.8, 4) is 11.4 Å². The van der Waals surface area contributed by atoms with Crippen LogP contribution in [0.4, 0.5) is 4.39 Å². The van der Waals surface area contributed by atoms with Crippen LogP contribution in [0.15, 0.2) is 47.0 Å². The van der Waals surface area contributed by atoms with E-state index in [2.05, 4.69) is 10.1 Å². The summed E-state index contributed by atoms with van der Waals surface area (Å²) in [6.45, 7) is 0.0493. The second kappa shape index (κ2) is 7.29. The highest BCUT2D eigenvalue weighted by molar-refractivity contribution is 6.31. The summed E-state index contributed by atoms with van der Waals surface area (Å²) in [5, 5.41) is 4.88. The average Bonchev–Trinajstić information content (AvgIpc) is 3.26. The van der Waals surface area contributed by atoms with E-state index in [1.165, 1.54) is 17.0 Å². The molecular weight excluding hydrogens is 392 g/mol. The van der Waals surface area contributed by atoms with Gasteiger partial charge in [0.1, 0.15) is 11.9 Å². The summed E-state index contributed by atoms with van der Waals surface area (Å²) in [5.41, 5.74) is 1.03. The molecule has 1 amide bonds. The molecule has 2 aromatic carbocycles. The van der Waals surface area contributed by atoms with Gasteiger partial charge in [-0.05, 0) is 42.8 Å². The van der Waals surface area contributed by atoms with E-state index in [0.29, 0.717) is 29.6 Å². The van der Waals surface area contributed by atoms with Gasteiger partial charge in [-0.3, -0.25) is 4.79 Å². The van der Waals surface area contributed by atoms with Crippen LogP contribution in [-0.2, 0) is 11.3 Å². The zero-order chi connectivity index (χ0) is 19.0. The fourth-order valence-corrected chi connectivity index (χ4v) is 3.48. The predicted molar refractivity (Wildman–Crippen MR) is 98.7 cm³/mol. The third kappa shape index (κ3) is 3.55. The molecule has 0 spiro atoms. The first kappa shape index (κ1) is 17.9. The molecule has 1 saturated heterocycles. The van der Waals surface area contributed by atoms with Crippen molar-refractivity contribution in [3.05, 3.63) is 69.8 Å². The van der Waals surface area contributed by atoms with Crippen molar-refractivity contribution in [1.82, 2.24) is 15.0 Å². The molecule has 1 unspecified atom stereocenters. The fraction of sp³-hybridized carbons (Fsp3) is 0.211. The molecule has 8 heteroatoms. The number of hydrogen-bond acceptors (Lipinski definition) is 4. The van der Waals surface area contributed by atoms with Crippen molar-refractivity contribution in [2.24, 2.45) is 0 Å². The molecule has 3 aromatic rings. The Bertz CT molecular complexity index is 971. The molecule has 27 heavy (non-hydrogen) atoms. The Balaban J connectivity index is 1.61. The highest BCUT2D eigenvalue weighted by atomic mass is 35.5. The highest BCUT2D eigenvalue weighted by Gasteiger charge is 2.36. The van der Waals surface area contributed by atoms with Crippen molar-refractivity contribution in [2.75, 3.05) is 0 Å². The maximum Gasteiger partial charge on any atom is 0.249 e. The van der Waals surface area contributed by atoms with E-state index in [1.807, 2.05) is 0 Å². The molecule has 5 nitrogen and oxygen atoms in total. The first-order valence-corrected chi connectivity index (χ1v) is 9.10. The Morgan fingerprint density at radius 2 is 1.96 bits per heavy atom. The largest absolute Gasteiger partial charge is 0.337 e. The normalized spacial score (nSPS) is 16.9. The Labute approximate surface area is 164 Å². The average molecular weight is 406 g/mol. The summed E-state index contributed by atoms with van der Waals surface area (Å²) in [5.74, 6) is 0.169. The van der Waals surface area contributed by atoms with E-state index in [9.17, 15) is 9.18 Å². The van der Waals surface area contributed by atoms with E-state index >= 15 is 0 Å². The minimum atomic E-state index is -0.451. The Morgan fingerprint density at radius 3 is 2.70 bits per heavy atom. The van der Waals surface area contributed by atoms with Crippen LogP contribution in [0.1, 0.15) is 30.3 Å². The molecule has 138 valence electrons. The Hall–Kier alpha value is -2.44. The van der Waals surface area contributed by atoms with E-state index in [1.54, 1.807) is 30.3 Å². The molecular formula is C19H14Cl2FN3O2. The summed E-state index contributed by atoms with van der Waals surface area (Å²) >= 11 is 12.0. The maximum atomic E-state index is 14.1. The summed E-state index contributed by atoms with van der Waals surface area (Å²) in [4.78, 5) is 18.3. The lowest BCUT2D eigenvalue weighted by molar-refractivity contribution is -0.130. The van der Waals surface area contributed by atoms with Crippen molar-refractivity contribution >= 4 is 29.1 Å². The molecule has 1 aliphatic heterocycles. The van der Waals surface area contributed by atoms with Gasteiger partial charge in [-0.2, -0.15) is 4.98 Å². The number of hydrogen-bond donors (Lipinski definition) is 0. The van der Waals surface area contributed by atoms with Gasteiger partial charge < -0.3 is 9.42 Å². The molecule has 1 atom stereocenters. The quantitative estimate of drug-likeness (QED) is 0.609. The van der Waals surface area contributed by atoms with Crippen molar-refractivity contribution in [3.63, 3.8) is 0 Å². The smallest absolute Gasteiger partial charge is 0.249 e. The lowest BCUT2D eigenvalue weighted by atomic mass is 10.1. The number of carbonyl (C=O) groups excluding carboxylic acids is 1. The number of likely N-dealkylation sites (tertiary alicyclic amines) is 1. The fourth-order valence-electron chi connectivity index (χ4n) is 3.13. The van der Waals surface area contributed by atoms with Gasteiger partial charge >= 0.3 is 0 Å². The third-order valence-electron chi connectivity index (χ3n) is 4.55. The lowest BCUT2D eigenvalue weighted by Gasteiger charge is -2.22. The second-order valence-electron chi connectivity index (χ2n) is 6.24. The van der Waals surface area contributed by atoms with E-state index in [0.717, 1.165) is 5.56 Å².